The van der Waals surface area contributed by atoms with E-state index in [0.29, 0.717) is 38.5 Å². The molecule has 0 aliphatic carbocycles. The number of nitrogens with zero attached hydrogens (tertiary/aromatic N) is 1. The van der Waals surface area contributed by atoms with E-state index in [1.54, 1.807) is 13.2 Å². The molecule has 116 valence electrons. The number of hydrogen-bond acceptors (Lipinski definition) is 4. The zero-order valence-corrected chi connectivity index (χ0v) is 12.9. The molecule has 0 radical (unpaired) electrons. The summed E-state index contributed by atoms with van der Waals surface area (Å²) in [6.45, 7) is 5.97. The fraction of sp³-hybridized carbons (Fsp3) is 0.562. The van der Waals surface area contributed by atoms with Crippen LogP contribution in [-0.4, -0.2) is 26.9 Å². The summed E-state index contributed by atoms with van der Waals surface area (Å²) >= 11 is 0. The van der Waals surface area contributed by atoms with Crippen LogP contribution in [-0.2, 0) is 11.3 Å². The molecular weight excluding hydrogens is 271 g/mol. The van der Waals surface area contributed by atoms with Gasteiger partial charge in [0.25, 0.3) is 0 Å². The van der Waals surface area contributed by atoms with Crippen LogP contribution in [0.1, 0.15) is 25.8 Å². The number of benzene rings is 1. The third-order valence-corrected chi connectivity index (χ3v) is 3.11. The van der Waals surface area contributed by atoms with Crippen LogP contribution in [0.4, 0.5) is 4.39 Å². The number of hydrogen-bond donors (Lipinski definition) is 1. The van der Waals surface area contributed by atoms with Gasteiger partial charge in [0.15, 0.2) is 0 Å². The zero-order chi connectivity index (χ0) is 15.7. The monoisotopic (exact) mass is 294 g/mol. The molecule has 0 aliphatic rings. The smallest absolute Gasteiger partial charge is 0.123 e. The second-order valence-electron chi connectivity index (χ2n) is 5.52. The lowest BCUT2D eigenvalue weighted by Crippen LogP contribution is -2.19. The van der Waals surface area contributed by atoms with Crippen molar-refractivity contribution in [1.82, 2.24) is 5.32 Å². The lowest BCUT2D eigenvalue weighted by Gasteiger charge is -2.17. The van der Waals surface area contributed by atoms with Gasteiger partial charge < -0.3 is 14.8 Å². The fourth-order valence-corrected chi connectivity index (χ4v) is 1.70. The van der Waals surface area contributed by atoms with Crippen molar-refractivity contribution >= 4 is 0 Å². The first-order valence-electron chi connectivity index (χ1n) is 7.00. The Morgan fingerprint density at radius 1 is 1.33 bits per heavy atom. The molecule has 4 nitrogen and oxygen atoms in total. The molecule has 0 aromatic heterocycles. The highest BCUT2D eigenvalue weighted by Gasteiger charge is 2.16. The van der Waals surface area contributed by atoms with E-state index in [1.807, 2.05) is 13.8 Å². The summed E-state index contributed by atoms with van der Waals surface area (Å²) in [6.07, 6.45) is 0.622. The molecule has 0 spiro atoms. The highest BCUT2D eigenvalue weighted by Crippen LogP contribution is 2.23. The molecular formula is C16H23FN2O2. The van der Waals surface area contributed by atoms with E-state index in [4.69, 9.17) is 14.7 Å². The summed E-state index contributed by atoms with van der Waals surface area (Å²) < 4.78 is 24.0. The summed E-state index contributed by atoms with van der Waals surface area (Å²) in [6, 6.07) is 6.70. The highest BCUT2D eigenvalue weighted by atomic mass is 19.1. The van der Waals surface area contributed by atoms with E-state index >= 15 is 0 Å². The van der Waals surface area contributed by atoms with Gasteiger partial charge in [-0.3, -0.25) is 0 Å². The van der Waals surface area contributed by atoms with Crippen LogP contribution in [0.3, 0.4) is 0 Å². The Bertz CT molecular complexity index is 484. The van der Waals surface area contributed by atoms with Gasteiger partial charge in [0, 0.05) is 25.8 Å². The van der Waals surface area contributed by atoms with E-state index in [-0.39, 0.29) is 5.82 Å². The SMILES string of the molecule is COCCNCc1cc(F)ccc1OCCC(C)(C)C#N. The van der Waals surface area contributed by atoms with Crippen molar-refractivity contribution in [2.75, 3.05) is 26.9 Å². The molecule has 0 saturated carbocycles. The van der Waals surface area contributed by atoms with Crippen molar-refractivity contribution in [3.63, 3.8) is 0 Å². The van der Waals surface area contributed by atoms with Crippen molar-refractivity contribution in [3.8, 4) is 11.8 Å². The van der Waals surface area contributed by atoms with E-state index in [0.717, 1.165) is 5.56 Å². The van der Waals surface area contributed by atoms with Crippen molar-refractivity contribution in [2.45, 2.75) is 26.8 Å². The molecule has 0 bridgehead atoms. The van der Waals surface area contributed by atoms with Crippen molar-refractivity contribution in [2.24, 2.45) is 5.41 Å². The molecule has 0 unspecified atom stereocenters. The highest BCUT2D eigenvalue weighted by molar-refractivity contribution is 5.34. The molecule has 1 aromatic carbocycles. The quantitative estimate of drug-likeness (QED) is 0.712. The molecule has 0 atom stereocenters. The molecule has 0 heterocycles. The second kappa shape index (κ2) is 8.60. The summed E-state index contributed by atoms with van der Waals surface area (Å²) in [5, 5.41) is 12.1. The number of halogens is 1. The Morgan fingerprint density at radius 3 is 2.76 bits per heavy atom. The number of nitriles is 1. The Kier molecular flexibility index (Phi) is 7.13. The van der Waals surface area contributed by atoms with Gasteiger partial charge in [-0.15, -0.1) is 0 Å². The largest absolute Gasteiger partial charge is 0.493 e. The van der Waals surface area contributed by atoms with Gasteiger partial charge in [-0.2, -0.15) is 5.26 Å². The maximum absolute atomic E-state index is 13.3. The van der Waals surface area contributed by atoms with Gasteiger partial charge in [-0.1, -0.05) is 0 Å². The van der Waals surface area contributed by atoms with Crippen LogP contribution >= 0.6 is 0 Å². The molecule has 1 N–H and O–H groups in total. The minimum Gasteiger partial charge on any atom is -0.493 e. The van der Waals surface area contributed by atoms with Gasteiger partial charge >= 0.3 is 0 Å². The topological polar surface area (TPSA) is 54.3 Å². The Balaban J connectivity index is 2.58. The lowest BCUT2D eigenvalue weighted by atomic mass is 9.92. The minimum absolute atomic E-state index is 0.289. The molecule has 5 heteroatoms. The van der Waals surface area contributed by atoms with Crippen LogP contribution in [0.5, 0.6) is 5.75 Å². The molecule has 0 aliphatic heterocycles. The molecule has 0 saturated heterocycles. The van der Waals surface area contributed by atoms with Crippen LogP contribution in [0.2, 0.25) is 0 Å². The standard InChI is InChI=1S/C16H23FN2O2/c1-16(2,12-18)6-8-21-15-5-4-14(17)10-13(15)11-19-7-9-20-3/h4-5,10,19H,6-9,11H2,1-3H3. The average molecular weight is 294 g/mol. The molecule has 0 amide bonds. The first-order chi connectivity index (χ1) is 9.98. The van der Waals surface area contributed by atoms with Gasteiger partial charge in [0.1, 0.15) is 11.6 Å². The summed E-state index contributed by atoms with van der Waals surface area (Å²) in [5.74, 6) is 0.360. The van der Waals surface area contributed by atoms with Crippen molar-refractivity contribution < 1.29 is 13.9 Å². The first kappa shape index (κ1) is 17.4. The number of rotatable bonds is 9. The Labute approximate surface area is 125 Å². The van der Waals surface area contributed by atoms with Crippen molar-refractivity contribution in [3.05, 3.63) is 29.6 Å². The van der Waals surface area contributed by atoms with E-state index in [1.165, 1.54) is 12.1 Å². The summed E-state index contributed by atoms with van der Waals surface area (Å²) in [7, 11) is 1.63. The maximum Gasteiger partial charge on any atom is 0.123 e. The van der Waals surface area contributed by atoms with Gasteiger partial charge in [-0.25, -0.2) is 4.39 Å². The van der Waals surface area contributed by atoms with Crippen LogP contribution < -0.4 is 10.1 Å². The van der Waals surface area contributed by atoms with Crippen LogP contribution in [0.25, 0.3) is 0 Å². The maximum atomic E-state index is 13.3. The van der Waals surface area contributed by atoms with Gasteiger partial charge in [0.05, 0.1) is 24.7 Å². The number of methoxy groups -OCH3 is 1. The zero-order valence-electron chi connectivity index (χ0n) is 12.9. The van der Waals surface area contributed by atoms with Gasteiger partial charge in [-0.05, 0) is 38.5 Å². The summed E-state index contributed by atoms with van der Waals surface area (Å²) in [4.78, 5) is 0. The van der Waals surface area contributed by atoms with E-state index in [2.05, 4.69) is 11.4 Å². The first-order valence-corrected chi connectivity index (χ1v) is 7.00. The molecule has 0 fully saturated rings. The lowest BCUT2D eigenvalue weighted by molar-refractivity contribution is 0.199. The third-order valence-electron chi connectivity index (χ3n) is 3.11. The third kappa shape index (κ3) is 6.56. The predicted molar refractivity (Wildman–Crippen MR) is 79.5 cm³/mol. The second-order valence-corrected chi connectivity index (χ2v) is 5.52. The molecule has 1 rings (SSSR count). The van der Waals surface area contributed by atoms with E-state index in [9.17, 15) is 4.39 Å². The molecule has 21 heavy (non-hydrogen) atoms. The van der Waals surface area contributed by atoms with Crippen molar-refractivity contribution in [1.29, 1.82) is 5.26 Å². The summed E-state index contributed by atoms with van der Waals surface area (Å²) in [5.41, 5.74) is 0.345. The normalized spacial score (nSPS) is 11.2. The minimum atomic E-state index is -0.420. The molecule has 1 aromatic rings. The average Bonchev–Trinajstić information content (AvgIpc) is 2.45. The van der Waals surface area contributed by atoms with Crippen LogP contribution in [0.15, 0.2) is 18.2 Å². The predicted octanol–water partition coefficient (Wildman–Crippen LogP) is 2.88. The Morgan fingerprint density at radius 2 is 2.10 bits per heavy atom. The van der Waals surface area contributed by atoms with Gasteiger partial charge in [0.2, 0.25) is 0 Å². The van der Waals surface area contributed by atoms with E-state index < -0.39 is 5.41 Å². The number of nitrogens with one attached hydrogen (secondary N) is 1. The number of ether oxygens (including phenoxy) is 2. The van der Waals surface area contributed by atoms with Crippen LogP contribution in [0, 0.1) is 22.6 Å². The Hall–Kier alpha value is -1.64. The fourth-order valence-electron chi connectivity index (χ4n) is 1.70.